The van der Waals surface area contributed by atoms with Gasteiger partial charge in [0.1, 0.15) is 11.2 Å². The summed E-state index contributed by atoms with van der Waals surface area (Å²) >= 11 is 12.5. The van der Waals surface area contributed by atoms with Crippen molar-refractivity contribution in [2.75, 3.05) is 25.0 Å². The SMILES string of the molecule is CC(C)(C)C[C@H]1N[C@@H](C(=O)CC2CN(CC(F)F)C2)[C@H](c2cccc(Cl)c2F)[C@@]12C(=O)Nc1cc(Cl)ccc12. The molecule has 10 heteroatoms. The Morgan fingerprint density at radius 3 is 2.56 bits per heavy atom. The minimum atomic E-state index is -2.43. The summed E-state index contributed by atoms with van der Waals surface area (Å²) in [5.74, 6) is -2.14. The lowest BCUT2D eigenvalue weighted by Gasteiger charge is -2.39. The van der Waals surface area contributed by atoms with Crippen molar-refractivity contribution in [3.63, 3.8) is 0 Å². The van der Waals surface area contributed by atoms with Crippen molar-refractivity contribution in [3.8, 4) is 0 Å². The van der Waals surface area contributed by atoms with Gasteiger partial charge in [-0.1, -0.05) is 62.2 Å². The van der Waals surface area contributed by atoms with Gasteiger partial charge in [0.25, 0.3) is 6.43 Å². The van der Waals surface area contributed by atoms with Gasteiger partial charge in [-0.05, 0) is 47.1 Å². The summed E-state index contributed by atoms with van der Waals surface area (Å²) < 4.78 is 41.3. The maximum atomic E-state index is 15.8. The number of carbonyl (C=O) groups is 2. The molecule has 2 aromatic carbocycles. The summed E-state index contributed by atoms with van der Waals surface area (Å²) in [6, 6.07) is 8.40. The standard InChI is InChI=1S/C29H32Cl2F3N3O2/c1-28(2,3)11-22-29(18-8-7-16(30)10-20(18)35-27(29)39)24(17-5-4-6-19(31)25(17)34)26(36-22)21(38)9-15-12-37(13-15)14-23(32)33/h4-8,10,15,22-24,26,36H,9,11-14H2,1-3H3,(H,35,39)/t22-,24+,26+,29+/m1/s1. The number of halogens is 5. The van der Waals surface area contributed by atoms with Gasteiger partial charge in [0.2, 0.25) is 5.91 Å². The van der Waals surface area contributed by atoms with Crippen LogP contribution in [0.25, 0.3) is 0 Å². The van der Waals surface area contributed by atoms with E-state index in [9.17, 15) is 18.4 Å². The van der Waals surface area contributed by atoms with E-state index >= 15 is 4.39 Å². The van der Waals surface area contributed by atoms with Crippen LogP contribution in [0.1, 0.15) is 50.7 Å². The van der Waals surface area contributed by atoms with Crippen LogP contribution in [0, 0.1) is 17.2 Å². The van der Waals surface area contributed by atoms with E-state index in [4.69, 9.17) is 23.2 Å². The summed E-state index contributed by atoms with van der Waals surface area (Å²) in [6.07, 6.45) is -1.76. The Balaban J connectivity index is 1.61. The number of Topliss-reactive ketones (excluding diaryl/α,β-unsaturated/α-hetero) is 1. The minimum Gasteiger partial charge on any atom is -0.325 e. The molecule has 2 fully saturated rings. The molecule has 1 spiro atoms. The van der Waals surface area contributed by atoms with Gasteiger partial charge in [-0.3, -0.25) is 14.5 Å². The smallest absolute Gasteiger partial charge is 0.251 e. The first-order chi connectivity index (χ1) is 18.3. The Morgan fingerprint density at radius 1 is 1.18 bits per heavy atom. The average Bonchev–Trinajstić information content (AvgIpc) is 3.28. The second-order valence-corrected chi connectivity index (χ2v) is 13.1. The van der Waals surface area contributed by atoms with Crippen molar-refractivity contribution in [2.24, 2.45) is 11.3 Å². The highest BCUT2D eigenvalue weighted by Gasteiger charge is 2.66. The monoisotopic (exact) mass is 581 g/mol. The second-order valence-electron chi connectivity index (χ2n) is 12.2. The molecule has 0 bridgehead atoms. The first kappa shape index (κ1) is 28.4. The minimum absolute atomic E-state index is 0.0796. The molecule has 2 aromatic rings. The molecule has 4 atom stereocenters. The maximum Gasteiger partial charge on any atom is 0.251 e. The van der Waals surface area contributed by atoms with E-state index in [1.165, 1.54) is 6.07 Å². The number of fused-ring (bicyclic) bond motifs is 2. The van der Waals surface area contributed by atoms with Crippen LogP contribution < -0.4 is 10.6 Å². The molecule has 0 unspecified atom stereocenters. The van der Waals surface area contributed by atoms with E-state index in [1.54, 1.807) is 35.2 Å². The Bertz CT molecular complexity index is 1300. The molecular formula is C29H32Cl2F3N3O2. The molecule has 5 nitrogen and oxygen atoms in total. The van der Waals surface area contributed by atoms with E-state index in [1.807, 2.05) is 20.8 Å². The van der Waals surface area contributed by atoms with Gasteiger partial charge in [0, 0.05) is 42.2 Å². The van der Waals surface area contributed by atoms with Crippen LogP contribution in [0.3, 0.4) is 0 Å². The number of nitrogens with one attached hydrogen (secondary N) is 2. The second kappa shape index (κ2) is 10.4. The van der Waals surface area contributed by atoms with Crippen LogP contribution in [0.5, 0.6) is 0 Å². The first-order valence-corrected chi connectivity index (χ1v) is 13.9. The predicted molar refractivity (Wildman–Crippen MR) is 146 cm³/mol. The molecule has 0 aromatic heterocycles. The van der Waals surface area contributed by atoms with Crippen LogP contribution in [0.15, 0.2) is 36.4 Å². The van der Waals surface area contributed by atoms with Gasteiger partial charge in [-0.15, -0.1) is 0 Å². The largest absolute Gasteiger partial charge is 0.325 e. The molecule has 3 aliphatic rings. The molecule has 0 radical (unpaired) electrons. The predicted octanol–water partition coefficient (Wildman–Crippen LogP) is 6.04. The number of hydrogen-bond donors (Lipinski definition) is 2. The van der Waals surface area contributed by atoms with Crippen molar-refractivity contribution in [1.29, 1.82) is 0 Å². The molecule has 2 saturated heterocycles. The zero-order valence-corrected chi connectivity index (χ0v) is 23.6. The number of benzene rings is 2. The summed E-state index contributed by atoms with van der Waals surface area (Å²) in [4.78, 5) is 29.7. The third-order valence-electron chi connectivity index (χ3n) is 8.20. The highest BCUT2D eigenvalue weighted by Crippen LogP contribution is 2.57. The van der Waals surface area contributed by atoms with E-state index in [0.717, 1.165) is 0 Å². The van der Waals surface area contributed by atoms with Crippen LogP contribution in [0.2, 0.25) is 10.0 Å². The van der Waals surface area contributed by atoms with Crippen molar-refractivity contribution < 1.29 is 22.8 Å². The quantitative estimate of drug-likeness (QED) is 0.418. The summed E-state index contributed by atoms with van der Waals surface area (Å²) in [5, 5.41) is 6.78. The third-order valence-corrected chi connectivity index (χ3v) is 8.73. The Labute approximate surface area is 236 Å². The van der Waals surface area contributed by atoms with Crippen LogP contribution >= 0.6 is 23.2 Å². The van der Waals surface area contributed by atoms with E-state index in [-0.39, 0.29) is 46.6 Å². The van der Waals surface area contributed by atoms with E-state index < -0.39 is 35.7 Å². The van der Waals surface area contributed by atoms with Crippen LogP contribution in [-0.4, -0.2) is 54.7 Å². The molecule has 3 aliphatic heterocycles. The van der Waals surface area contributed by atoms with Gasteiger partial charge in [0.05, 0.1) is 17.6 Å². The zero-order chi connectivity index (χ0) is 28.3. The normalized spacial score (nSPS) is 27.2. The molecule has 0 aliphatic carbocycles. The lowest BCUT2D eigenvalue weighted by atomic mass is 9.62. The topological polar surface area (TPSA) is 61.4 Å². The van der Waals surface area contributed by atoms with Gasteiger partial charge < -0.3 is 10.6 Å². The molecule has 3 heterocycles. The molecule has 2 N–H and O–H groups in total. The molecule has 39 heavy (non-hydrogen) atoms. The summed E-state index contributed by atoms with van der Waals surface area (Å²) in [6.45, 7) is 6.63. The van der Waals surface area contributed by atoms with Crippen molar-refractivity contribution in [3.05, 3.63) is 63.4 Å². The molecule has 0 saturated carbocycles. The Kier molecular flexibility index (Phi) is 7.55. The first-order valence-electron chi connectivity index (χ1n) is 13.2. The van der Waals surface area contributed by atoms with Gasteiger partial charge in [-0.25, -0.2) is 13.2 Å². The van der Waals surface area contributed by atoms with Gasteiger partial charge >= 0.3 is 0 Å². The van der Waals surface area contributed by atoms with Gasteiger partial charge in [0.15, 0.2) is 5.78 Å². The average molecular weight is 582 g/mol. The number of alkyl halides is 2. The van der Waals surface area contributed by atoms with Crippen molar-refractivity contribution in [2.45, 2.75) is 63.5 Å². The third kappa shape index (κ3) is 5.09. The number of rotatable bonds is 7. The van der Waals surface area contributed by atoms with Crippen molar-refractivity contribution >= 4 is 40.6 Å². The highest BCUT2D eigenvalue weighted by atomic mass is 35.5. The van der Waals surface area contributed by atoms with Crippen LogP contribution in [-0.2, 0) is 15.0 Å². The number of nitrogens with zero attached hydrogens (tertiary/aromatic N) is 1. The Hall–Kier alpha value is -2.13. The number of ketones is 1. The molecular weight excluding hydrogens is 550 g/mol. The number of hydrogen-bond acceptors (Lipinski definition) is 4. The summed E-state index contributed by atoms with van der Waals surface area (Å²) in [7, 11) is 0. The Morgan fingerprint density at radius 2 is 1.90 bits per heavy atom. The molecule has 210 valence electrons. The van der Waals surface area contributed by atoms with E-state index in [2.05, 4.69) is 10.6 Å². The number of anilines is 1. The fourth-order valence-electron chi connectivity index (χ4n) is 6.77. The maximum absolute atomic E-state index is 15.8. The molecule has 5 rings (SSSR count). The highest BCUT2D eigenvalue weighted by molar-refractivity contribution is 6.31. The summed E-state index contributed by atoms with van der Waals surface area (Å²) in [5.41, 5.74) is -0.157. The number of amides is 1. The molecule has 1 amide bonds. The number of likely N-dealkylation sites (tertiary alicyclic amines) is 1. The van der Waals surface area contributed by atoms with Gasteiger partial charge in [-0.2, -0.15) is 0 Å². The fourth-order valence-corrected chi connectivity index (χ4v) is 7.12. The van der Waals surface area contributed by atoms with Crippen molar-refractivity contribution in [1.82, 2.24) is 10.2 Å². The van der Waals surface area contributed by atoms with E-state index in [0.29, 0.717) is 35.8 Å². The van der Waals surface area contributed by atoms with Crippen LogP contribution in [0.4, 0.5) is 18.9 Å². The zero-order valence-electron chi connectivity index (χ0n) is 22.0. The lowest BCUT2D eigenvalue weighted by molar-refractivity contribution is -0.124. The number of carbonyl (C=O) groups excluding carboxylic acids is 2. The fraction of sp³-hybridized carbons (Fsp3) is 0.517. The lowest BCUT2D eigenvalue weighted by Crippen LogP contribution is -2.50.